The molecular weight excluding hydrogens is 516 g/mol. The fraction of sp³-hybridized carbons (Fsp3) is 0.0769. The van der Waals surface area contributed by atoms with E-state index in [1.54, 1.807) is 25.3 Å². The maximum Gasteiger partial charge on any atom is 0.264 e. The molecule has 5 rings (SSSR count). The quantitative estimate of drug-likeness (QED) is 0.278. The van der Waals surface area contributed by atoms with Gasteiger partial charge in [0, 0.05) is 10.6 Å². The van der Waals surface area contributed by atoms with Crippen LogP contribution in [0.25, 0.3) is 16.6 Å². The molecule has 0 spiro atoms. The second-order valence-electron chi connectivity index (χ2n) is 7.56. The van der Waals surface area contributed by atoms with E-state index in [4.69, 9.17) is 21.1 Å². The Morgan fingerprint density at radius 1 is 1.03 bits per heavy atom. The highest BCUT2D eigenvalue weighted by Crippen LogP contribution is 2.34. The van der Waals surface area contributed by atoms with E-state index >= 15 is 0 Å². The van der Waals surface area contributed by atoms with Gasteiger partial charge >= 0.3 is 0 Å². The van der Waals surface area contributed by atoms with Crippen LogP contribution < -0.4 is 14.8 Å². The standard InChI is InChI=1S/C26H19ClN4O3S2/c1-33-21-13-17(7-12-20(21)34-15-16-5-3-2-4-6-16)14-22-23(32)28-25(35-22)29-26-31-30-24(36-26)18-8-10-19(27)11-9-18/h2-14H,15H2,1H3,(H,28,29,31,32). The fourth-order valence-electron chi connectivity index (χ4n) is 3.32. The third-order valence-electron chi connectivity index (χ3n) is 5.08. The third kappa shape index (κ3) is 5.76. The van der Waals surface area contributed by atoms with Gasteiger partial charge in [0.1, 0.15) is 11.6 Å². The number of nitrogens with one attached hydrogen (secondary N) is 1. The molecule has 180 valence electrons. The van der Waals surface area contributed by atoms with Crippen molar-refractivity contribution >= 4 is 57.0 Å². The van der Waals surface area contributed by atoms with Crippen LogP contribution >= 0.6 is 34.7 Å². The van der Waals surface area contributed by atoms with Gasteiger partial charge in [0.25, 0.3) is 5.91 Å². The van der Waals surface area contributed by atoms with Gasteiger partial charge < -0.3 is 14.8 Å². The first-order chi connectivity index (χ1) is 17.6. The Balaban J connectivity index is 1.29. The lowest BCUT2D eigenvalue weighted by Gasteiger charge is -2.11. The molecule has 10 heteroatoms. The molecule has 7 nitrogen and oxygen atoms in total. The number of benzene rings is 3. The van der Waals surface area contributed by atoms with E-state index in [-0.39, 0.29) is 5.91 Å². The first-order valence-corrected chi connectivity index (χ1v) is 12.8. The fourth-order valence-corrected chi connectivity index (χ4v) is 5.05. The minimum Gasteiger partial charge on any atom is -0.493 e. The highest BCUT2D eigenvalue weighted by Gasteiger charge is 2.24. The zero-order valence-corrected chi connectivity index (χ0v) is 21.4. The van der Waals surface area contributed by atoms with Crippen LogP contribution in [0.3, 0.4) is 0 Å². The normalized spacial score (nSPS) is 15.3. The third-order valence-corrected chi connectivity index (χ3v) is 7.10. The van der Waals surface area contributed by atoms with E-state index in [1.165, 1.54) is 23.1 Å². The number of methoxy groups -OCH3 is 1. The van der Waals surface area contributed by atoms with Gasteiger partial charge in [-0.2, -0.15) is 4.99 Å². The molecule has 0 saturated carbocycles. The molecule has 0 aliphatic carbocycles. The average Bonchev–Trinajstić information content (AvgIpc) is 3.50. The van der Waals surface area contributed by atoms with Gasteiger partial charge in [-0.05, 0) is 53.2 Å². The summed E-state index contributed by atoms with van der Waals surface area (Å²) in [6.07, 6.45) is 1.78. The lowest BCUT2D eigenvalue weighted by Crippen LogP contribution is -2.19. The van der Waals surface area contributed by atoms with Crippen LogP contribution in [-0.4, -0.2) is 28.4 Å². The Hall–Kier alpha value is -3.66. The number of aliphatic imine (C=N–C) groups is 1. The number of carbonyl (C=O) groups excluding carboxylic acids is 1. The van der Waals surface area contributed by atoms with Crippen LogP contribution in [0.1, 0.15) is 11.1 Å². The zero-order chi connectivity index (χ0) is 24.9. The molecular formula is C26H19ClN4O3S2. The highest BCUT2D eigenvalue weighted by molar-refractivity contribution is 8.18. The molecule has 1 aliphatic rings. The van der Waals surface area contributed by atoms with E-state index in [9.17, 15) is 4.79 Å². The van der Waals surface area contributed by atoms with Crippen molar-refractivity contribution < 1.29 is 14.3 Å². The average molecular weight is 535 g/mol. The van der Waals surface area contributed by atoms with Crippen molar-refractivity contribution in [2.24, 2.45) is 4.99 Å². The Morgan fingerprint density at radius 2 is 1.83 bits per heavy atom. The van der Waals surface area contributed by atoms with Crippen molar-refractivity contribution in [3.05, 3.63) is 93.9 Å². The predicted octanol–water partition coefficient (Wildman–Crippen LogP) is 6.34. The van der Waals surface area contributed by atoms with Crippen molar-refractivity contribution in [3.63, 3.8) is 0 Å². The monoisotopic (exact) mass is 534 g/mol. The van der Waals surface area contributed by atoms with Gasteiger partial charge in [0.15, 0.2) is 16.7 Å². The number of amidine groups is 1. The summed E-state index contributed by atoms with van der Waals surface area (Å²) in [5, 5.41) is 13.3. The number of hydrogen-bond acceptors (Lipinski definition) is 8. The molecule has 2 heterocycles. The molecule has 1 aliphatic heterocycles. The number of ether oxygens (including phenoxy) is 2. The van der Waals surface area contributed by atoms with Gasteiger partial charge in [0.05, 0.1) is 12.0 Å². The first kappa shape index (κ1) is 24.1. The van der Waals surface area contributed by atoms with Crippen molar-refractivity contribution in [1.82, 2.24) is 15.5 Å². The van der Waals surface area contributed by atoms with Gasteiger partial charge in [-0.3, -0.25) is 4.79 Å². The Morgan fingerprint density at radius 3 is 2.61 bits per heavy atom. The molecule has 0 radical (unpaired) electrons. The molecule has 1 N–H and O–H groups in total. The second-order valence-corrected chi connectivity index (χ2v) is 9.99. The van der Waals surface area contributed by atoms with Crippen LogP contribution in [0.15, 0.2) is 82.7 Å². The molecule has 0 atom stereocenters. The Labute approximate surface area is 220 Å². The Kier molecular flexibility index (Phi) is 7.31. The van der Waals surface area contributed by atoms with Crippen LogP contribution in [0.5, 0.6) is 11.5 Å². The maximum absolute atomic E-state index is 12.5. The van der Waals surface area contributed by atoms with E-state index in [0.717, 1.165) is 21.7 Å². The van der Waals surface area contributed by atoms with E-state index < -0.39 is 0 Å². The van der Waals surface area contributed by atoms with Gasteiger partial charge in [0.2, 0.25) is 5.13 Å². The summed E-state index contributed by atoms with van der Waals surface area (Å²) < 4.78 is 11.4. The number of hydrogen-bond donors (Lipinski definition) is 1. The van der Waals surface area contributed by atoms with Gasteiger partial charge in [-0.15, -0.1) is 10.2 Å². The first-order valence-electron chi connectivity index (χ1n) is 10.8. The molecule has 3 aromatic carbocycles. The number of carbonyl (C=O) groups is 1. The largest absolute Gasteiger partial charge is 0.493 e. The van der Waals surface area contributed by atoms with E-state index in [2.05, 4.69) is 20.5 Å². The zero-order valence-electron chi connectivity index (χ0n) is 19.0. The number of rotatable bonds is 7. The molecule has 36 heavy (non-hydrogen) atoms. The molecule has 1 fully saturated rings. The van der Waals surface area contributed by atoms with Crippen molar-refractivity contribution in [2.45, 2.75) is 6.61 Å². The SMILES string of the molecule is COc1cc(C=C2SC(=Nc3nnc(-c4ccc(Cl)cc4)s3)NC2=O)ccc1OCc1ccccc1. The smallest absolute Gasteiger partial charge is 0.264 e. The Bertz CT molecular complexity index is 1450. The second kappa shape index (κ2) is 10.9. The molecule has 0 unspecified atom stereocenters. The highest BCUT2D eigenvalue weighted by atomic mass is 35.5. The van der Waals surface area contributed by atoms with Crippen molar-refractivity contribution in [3.8, 4) is 22.1 Å². The van der Waals surface area contributed by atoms with Gasteiger partial charge in [-0.25, -0.2) is 0 Å². The van der Waals surface area contributed by atoms with Gasteiger partial charge in [-0.1, -0.05) is 71.5 Å². The minimum atomic E-state index is -0.232. The lowest BCUT2D eigenvalue weighted by molar-refractivity contribution is -0.115. The maximum atomic E-state index is 12.5. The van der Waals surface area contributed by atoms with Crippen LogP contribution in [0.2, 0.25) is 5.02 Å². The molecule has 1 aromatic heterocycles. The number of amides is 1. The van der Waals surface area contributed by atoms with Crippen molar-refractivity contribution in [2.75, 3.05) is 7.11 Å². The molecule has 0 bridgehead atoms. The summed E-state index contributed by atoms with van der Waals surface area (Å²) >= 11 is 8.52. The van der Waals surface area contributed by atoms with Crippen molar-refractivity contribution in [1.29, 1.82) is 0 Å². The molecule has 1 amide bonds. The summed E-state index contributed by atoms with van der Waals surface area (Å²) in [5.41, 5.74) is 2.77. The minimum absolute atomic E-state index is 0.232. The van der Waals surface area contributed by atoms with Crippen LogP contribution in [-0.2, 0) is 11.4 Å². The topological polar surface area (TPSA) is 85.7 Å². The van der Waals surface area contributed by atoms with E-state index in [0.29, 0.717) is 38.3 Å². The molecule has 1 saturated heterocycles. The number of aromatic nitrogens is 2. The van der Waals surface area contributed by atoms with Crippen LogP contribution in [0.4, 0.5) is 5.13 Å². The summed E-state index contributed by atoms with van der Waals surface area (Å²) in [6.45, 7) is 0.432. The number of nitrogens with zero attached hydrogens (tertiary/aromatic N) is 3. The number of halogens is 1. The summed E-state index contributed by atoms with van der Waals surface area (Å²) in [5.74, 6) is 0.979. The van der Waals surface area contributed by atoms with Crippen LogP contribution in [0, 0.1) is 0 Å². The summed E-state index contributed by atoms with van der Waals surface area (Å²) in [6, 6.07) is 22.8. The summed E-state index contributed by atoms with van der Waals surface area (Å²) in [7, 11) is 1.59. The molecule has 4 aromatic rings. The summed E-state index contributed by atoms with van der Waals surface area (Å²) in [4.78, 5) is 17.5. The lowest BCUT2D eigenvalue weighted by atomic mass is 10.2. The number of thioether (sulfide) groups is 1. The van der Waals surface area contributed by atoms with E-state index in [1.807, 2.05) is 60.7 Å². The predicted molar refractivity (Wildman–Crippen MR) is 145 cm³/mol.